The average Bonchev–Trinajstić information content (AvgIpc) is 3.21. The lowest BCUT2D eigenvalue weighted by molar-refractivity contribution is -0.116. The summed E-state index contributed by atoms with van der Waals surface area (Å²) in [5.74, 6) is -0.309. The highest BCUT2D eigenvalue weighted by atomic mass is 35.5. The number of benzene rings is 2. The first-order chi connectivity index (χ1) is 14.9. The van der Waals surface area contributed by atoms with Gasteiger partial charge in [0.05, 0.1) is 10.6 Å². The third-order valence-electron chi connectivity index (χ3n) is 4.32. The molecule has 5 nitrogen and oxygen atoms in total. The Morgan fingerprint density at radius 2 is 1.77 bits per heavy atom. The third kappa shape index (κ3) is 6.89. The second-order valence-electron chi connectivity index (χ2n) is 6.63. The van der Waals surface area contributed by atoms with Crippen LogP contribution in [0.1, 0.15) is 27.8 Å². The SMILES string of the molecule is CCS(=O)(=O)Cc1ccc(C(=NNC(=O)C=Cc2ccccc2)c2ccc(Cl)cc2)s1. The van der Waals surface area contributed by atoms with E-state index >= 15 is 0 Å². The molecule has 31 heavy (non-hydrogen) atoms. The number of rotatable bonds is 8. The summed E-state index contributed by atoms with van der Waals surface area (Å²) < 4.78 is 23.9. The molecule has 0 atom stereocenters. The second kappa shape index (κ2) is 10.5. The van der Waals surface area contributed by atoms with E-state index < -0.39 is 9.84 Å². The Labute approximate surface area is 191 Å². The summed E-state index contributed by atoms with van der Waals surface area (Å²) >= 11 is 7.33. The van der Waals surface area contributed by atoms with Crippen molar-refractivity contribution >= 4 is 50.5 Å². The minimum absolute atomic E-state index is 0.0196. The Bertz CT molecular complexity index is 1200. The summed E-state index contributed by atoms with van der Waals surface area (Å²) in [6.45, 7) is 1.63. The van der Waals surface area contributed by atoms with E-state index in [0.717, 1.165) is 16.0 Å². The Morgan fingerprint density at radius 1 is 1.06 bits per heavy atom. The van der Waals surface area contributed by atoms with E-state index in [9.17, 15) is 13.2 Å². The van der Waals surface area contributed by atoms with Gasteiger partial charge in [0.1, 0.15) is 5.71 Å². The molecule has 0 unspecified atom stereocenters. The summed E-state index contributed by atoms with van der Waals surface area (Å²) in [6.07, 6.45) is 3.11. The molecule has 0 aliphatic carbocycles. The maximum Gasteiger partial charge on any atom is 0.264 e. The van der Waals surface area contributed by atoms with E-state index in [4.69, 9.17) is 11.6 Å². The Hall–Kier alpha value is -2.74. The standard InChI is InChI=1S/C23H21ClN2O3S2/c1-2-31(28,29)16-20-13-14-21(30-20)23(18-9-11-19(24)12-10-18)26-25-22(27)15-8-17-6-4-3-5-7-17/h3-15H,2,16H2,1H3,(H,25,27). The molecule has 1 aromatic heterocycles. The molecule has 0 aliphatic heterocycles. The molecule has 3 rings (SSSR count). The Kier molecular flexibility index (Phi) is 7.79. The second-order valence-corrected chi connectivity index (χ2v) is 10.6. The van der Waals surface area contributed by atoms with Crippen molar-refractivity contribution in [2.45, 2.75) is 12.7 Å². The van der Waals surface area contributed by atoms with Crippen LogP contribution in [0.15, 0.2) is 77.9 Å². The average molecular weight is 473 g/mol. The van der Waals surface area contributed by atoms with E-state index in [1.807, 2.05) is 36.4 Å². The van der Waals surface area contributed by atoms with Gasteiger partial charge in [0, 0.05) is 27.3 Å². The van der Waals surface area contributed by atoms with Crippen molar-refractivity contribution < 1.29 is 13.2 Å². The summed E-state index contributed by atoms with van der Waals surface area (Å²) in [5, 5.41) is 4.90. The number of amides is 1. The van der Waals surface area contributed by atoms with Crippen molar-refractivity contribution in [2.24, 2.45) is 5.10 Å². The van der Waals surface area contributed by atoms with E-state index in [-0.39, 0.29) is 17.4 Å². The number of hydrazone groups is 1. The van der Waals surface area contributed by atoms with Gasteiger partial charge in [0.25, 0.3) is 5.91 Å². The Morgan fingerprint density at radius 3 is 2.45 bits per heavy atom. The first-order valence-corrected chi connectivity index (χ1v) is 12.5. The van der Waals surface area contributed by atoms with Crippen LogP contribution in [0.5, 0.6) is 0 Å². The highest BCUT2D eigenvalue weighted by molar-refractivity contribution is 7.90. The minimum atomic E-state index is -3.14. The maximum atomic E-state index is 12.3. The van der Waals surface area contributed by atoms with Gasteiger partial charge in [-0.3, -0.25) is 4.79 Å². The molecule has 0 saturated carbocycles. The molecular formula is C23H21ClN2O3S2. The van der Waals surface area contributed by atoms with Gasteiger partial charge in [0.15, 0.2) is 9.84 Å². The molecule has 1 amide bonds. The monoisotopic (exact) mass is 472 g/mol. The highest BCUT2D eigenvalue weighted by Gasteiger charge is 2.15. The van der Waals surface area contributed by atoms with Gasteiger partial charge in [-0.15, -0.1) is 11.3 Å². The summed E-state index contributed by atoms with van der Waals surface area (Å²) in [5.41, 5.74) is 4.74. The van der Waals surface area contributed by atoms with Gasteiger partial charge in [-0.05, 0) is 35.9 Å². The number of thiophene rings is 1. The molecule has 160 valence electrons. The van der Waals surface area contributed by atoms with Crippen LogP contribution in [0.25, 0.3) is 6.08 Å². The lowest BCUT2D eigenvalue weighted by Gasteiger charge is -2.05. The summed E-state index contributed by atoms with van der Waals surface area (Å²) in [4.78, 5) is 13.7. The van der Waals surface area contributed by atoms with Crippen LogP contribution < -0.4 is 5.43 Å². The molecule has 0 bridgehead atoms. The van der Waals surface area contributed by atoms with Crippen molar-refractivity contribution in [1.29, 1.82) is 0 Å². The van der Waals surface area contributed by atoms with Crippen molar-refractivity contribution in [3.63, 3.8) is 0 Å². The molecule has 8 heteroatoms. The van der Waals surface area contributed by atoms with E-state index in [1.165, 1.54) is 17.4 Å². The number of hydrogen-bond donors (Lipinski definition) is 1. The number of carbonyl (C=O) groups is 1. The number of nitrogens with one attached hydrogen (secondary N) is 1. The topological polar surface area (TPSA) is 75.6 Å². The van der Waals surface area contributed by atoms with Crippen molar-refractivity contribution in [2.75, 3.05) is 5.75 Å². The summed E-state index contributed by atoms with van der Waals surface area (Å²) in [7, 11) is -3.14. The summed E-state index contributed by atoms with van der Waals surface area (Å²) in [6, 6.07) is 20.1. The largest absolute Gasteiger partial charge is 0.268 e. The molecule has 0 fully saturated rings. The van der Waals surface area contributed by atoms with Crippen molar-refractivity contribution in [3.8, 4) is 0 Å². The van der Waals surface area contributed by atoms with Crippen LogP contribution in [-0.2, 0) is 20.4 Å². The molecule has 0 radical (unpaired) electrons. The highest BCUT2D eigenvalue weighted by Crippen LogP contribution is 2.23. The van der Waals surface area contributed by atoms with Gasteiger partial charge < -0.3 is 0 Å². The first-order valence-electron chi connectivity index (χ1n) is 9.52. The fraction of sp³-hybridized carbons (Fsp3) is 0.130. The Balaban J connectivity index is 1.85. The zero-order chi connectivity index (χ0) is 22.3. The van der Waals surface area contributed by atoms with Crippen LogP contribution in [0.4, 0.5) is 0 Å². The van der Waals surface area contributed by atoms with Crippen LogP contribution in [0.2, 0.25) is 5.02 Å². The number of nitrogens with zero attached hydrogens (tertiary/aromatic N) is 1. The molecule has 0 aliphatic rings. The molecular weight excluding hydrogens is 452 g/mol. The normalized spacial score (nSPS) is 12.3. The van der Waals surface area contributed by atoms with Crippen LogP contribution in [-0.4, -0.2) is 25.8 Å². The maximum absolute atomic E-state index is 12.3. The van der Waals surface area contributed by atoms with E-state index in [2.05, 4.69) is 10.5 Å². The third-order valence-corrected chi connectivity index (χ3v) is 7.48. The zero-order valence-electron chi connectivity index (χ0n) is 16.8. The molecule has 3 aromatic rings. The fourth-order valence-electron chi connectivity index (χ4n) is 2.66. The number of hydrogen-bond acceptors (Lipinski definition) is 5. The van der Waals surface area contributed by atoms with Gasteiger partial charge >= 0.3 is 0 Å². The molecule has 0 spiro atoms. The molecule has 0 saturated heterocycles. The quantitative estimate of drug-likeness (QED) is 0.287. The van der Waals surface area contributed by atoms with Gasteiger partial charge in [-0.2, -0.15) is 5.10 Å². The fourth-order valence-corrected chi connectivity index (χ4v) is 5.10. The number of halogens is 1. The van der Waals surface area contributed by atoms with Gasteiger partial charge in [0.2, 0.25) is 0 Å². The van der Waals surface area contributed by atoms with Crippen LogP contribution in [0.3, 0.4) is 0 Å². The first kappa shape index (κ1) is 22.9. The molecule has 2 aromatic carbocycles. The number of sulfone groups is 1. The van der Waals surface area contributed by atoms with Crippen LogP contribution >= 0.6 is 22.9 Å². The van der Waals surface area contributed by atoms with Crippen molar-refractivity contribution in [1.82, 2.24) is 5.43 Å². The van der Waals surface area contributed by atoms with Gasteiger partial charge in [-0.25, -0.2) is 13.8 Å². The predicted octanol–water partition coefficient (Wildman–Crippen LogP) is 4.92. The lowest BCUT2D eigenvalue weighted by Crippen LogP contribution is -2.17. The van der Waals surface area contributed by atoms with Gasteiger partial charge in [-0.1, -0.05) is 61.0 Å². The predicted molar refractivity (Wildman–Crippen MR) is 128 cm³/mol. The van der Waals surface area contributed by atoms with Crippen molar-refractivity contribution in [3.05, 3.63) is 98.7 Å². The molecule has 1 N–H and O–H groups in total. The minimum Gasteiger partial charge on any atom is -0.268 e. The molecule has 1 heterocycles. The smallest absolute Gasteiger partial charge is 0.264 e. The number of carbonyl (C=O) groups excluding carboxylic acids is 1. The van der Waals surface area contributed by atoms with E-state index in [1.54, 1.807) is 43.3 Å². The van der Waals surface area contributed by atoms with E-state index in [0.29, 0.717) is 15.6 Å². The zero-order valence-corrected chi connectivity index (χ0v) is 19.2. The van der Waals surface area contributed by atoms with Crippen LogP contribution in [0, 0.1) is 0 Å². The lowest BCUT2D eigenvalue weighted by atomic mass is 10.1.